The smallest absolute Gasteiger partial charge is 0.248 e. The van der Waals surface area contributed by atoms with Crippen LogP contribution in [0.1, 0.15) is 53.9 Å². The average Bonchev–Trinajstić information content (AvgIpc) is 2.38. The van der Waals surface area contributed by atoms with Gasteiger partial charge in [0.05, 0.1) is 0 Å². The van der Waals surface area contributed by atoms with E-state index >= 15 is 0 Å². The fourth-order valence-corrected chi connectivity index (χ4v) is 2.83. The highest BCUT2D eigenvalue weighted by Gasteiger charge is 2.50. The largest absolute Gasteiger partial charge is 0.385 e. The number of nitrogens with zero attached hydrogens (tertiary/aromatic N) is 1. The molecule has 0 aromatic rings. The highest BCUT2D eigenvalue weighted by atomic mass is 16.5. The van der Waals surface area contributed by atoms with Crippen LogP contribution in [0.5, 0.6) is 0 Å². The van der Waals surface area contributed by atoms with Gasteiger partial charge in [0.1, 0.15) is 11.6 Å². The molecule has 0 radical (unpaired) electrons. The van der Waals surface area contributed by atoms with E-state index in [0.29, 0.717) is 19.6 Å². The molecule has 0 bridgehead atoms. The summed E-state index contributed by atoms with van der Waals surface area (Å²) >= 11 is 0. The van der Waals surface area contributed by atoms with E-state index in [0.717, 1.165) is 12.8 Å². The highest BCUT2D eigenvalue weighted by Crippen LogP contribution is 2.31. The Morgan fingerprint density at radius 3 is 2.38 bits per heavy atom. The summed E-state index contributed by atoms with van der Waals surface area (Å²) in [7, 11) is 1.67. The molecule has 2 amide bonds. The number of ether oxygens (including phenoxy) is 1. The maximum absolute atomic E-state index is 12.8. The van der Waals surface area contributed by atoms with Crippen LogP contribution in [0, 0.1) is 5.41 Å². The predicted molar refractivity (Wildman–Crippen MR) is 82.9 cm³/mol. The molecule has 0 saturated carbocycles. The minimum absolute atomic E-state index is 0.0296. The fraction of sp³-hybridized carbons (Fsp3) is 0.875. The summed E-state index contributed by atoms with van der Waals surface area (Å²) in [5.74, 6) is -0.0138. The number of rotatable bonds is 6. The lowest BCUT2D eigenvalue weighted by molar-refractivity contribution is -0.159. The van der Waals surface area contributed by atoms with E-state index in [2.05, 4.69) is 5.32 Å². The molecule has 0 spiro atoms. The lowest BCUT2D eigenvalue weighted by Crippen LogP contribution is -2.71. The number of nitrogens with one attached hydrogen (secondary N) is 1. The second-order valence-electron chi connectivity index (χ2n) is 7.14. The van der Waals surface area contributed by atoms with E-state index in [4.69, 9.17) is 4.74 Å². The number of unbranched alkanes of at least 4 members (excludes halogenated alkanes) is 1. The van der Waals surface area contributed by atoms with Crippen molar-refractivity contribution >= 4 is 11.8 Å². The maximum Gasteiger partial charge on any atom is 0.248 e. The zero-order valence-corrected chi connectivity index (χ0v) is 14.3. The third-order valence-electron chi connectivity index (χ3n) is 4.22. The number of carbonyl (C=O) groups is 2. The Bertz CT molecular complexity index is 389. The van der Waals surface area contributed by atoms with Crippen LogP contribution in [-0.2, 0) is 14.3 Å². The van der Waals surface area contributed by atoms with Gasteiger partial charge in [-0.2, -0.15) is 0 Å². The molecule has 122 valence electrons. The van der Waals surface area contributed by atoms with Gasteiger partial charge in [-0.15, -0.1) is 0 Å². The van der Waals surface area contributed by atoms with Crippen LogP contribution in [0.15, 0.2) is 0 Å². The van der Waals surface area contributed by atoms with E-state index < -0.39 is 11.6 Å². The van der Waals surface area contributed by atoms with E-state index in [1.54, 1.807) is 12.0 Å². The first-order valence-corrected chi connectivity index (χ1v) is 7.79. The molecule has 1 N–H and O–H groups in total. The molecule has 1 fully saturated rings. The summed E-state index contributed by atoms with van der Waals surface area (Å²) in [6, 6.07) is -0.410. The predicted octanol–water partition coefficient (Wildman–Crippen LogP) is 1.95. The Kier molecular flexibility index (Phi) is 5.79. The fourth-order valence-electron chi connectivity index (χ4n) is 2.83. The lowest BCUT2D eigenvalue weighted by Gasteiger charge is -2.48. The van der Waals surface area contributed by atoms with Gasteiger partial charge in [0.2, 0.25) is 11.8 Å². The van der Waals surface area contributed by atoms with Gasteiger partial charge >= 0.3 is 0 Å². The molecule has 21 heavy (non-hydrogen) atoms. The second kappa shape index (κ2) is 6.77. The molecule has 5 nitrogen and oxygen atoms in total. The normalized spacial score (nSPS) is 27.0. The van der Waals surface area contributed by atoms with Crippen molar-refractivity contribution in [2.45, 2.75) is 65.5 Å². The summed E-state index contributed by atoms with van der Waals surface area (Å²) in [5.41, 5.74) is -1.06. The van der Waals surface area contributed by atoms with Gasteiger partial charge in [0, 0.05) is 20.3 Å². The summed E-state index contributed by atoms with van der Waals surface area (Å²) in [6.07, 6.45) is 2.34. The van der Waals surface area contributed by atoms with Crippen LogP contribution in [0.3, 0.4) is 0 Å². The molecule has 1 heterocycles. The van der Waals surface area contributed by atoms with Gasteiger partial charge in [-0.3, -0.25) is 9.59 Å². The lowest BCUT2D eigenvalue weighted by atomic mass is 9.80. The van der Waals surface area contributed by atoms with Crippen molar-refractivity contribution in [3.8, 4) is 0 Å². The summed E-state index contributed by atoms with van der Waals surface area (Å²) in [6.45, 7) is 11.0. The first kappa shape index (κ1) is 18.0. The molecular formula is C16H30N2O3. The van der Waals surface area contributed by atoms with E-state index in [1.807, 2.05) is 34.6 Å². The molecule has 0 aromatic heterocycles. The molecule has 2 atom stereocenters. The number of amides is 2. The Balaban J connectivity index is 2.96. The summed E-state index contributed by atoms with van der Waals surface area (Å²) in [4.78, 5) is 27.1. The van der Waals surface area contributed by atoms with Crippen LogP contribution in [-0.4, -0.2) is 48.6 Å². The number of piperazine rings is 1. The molecule has 1 aliphatic rings. The Morgan fingerprint density at radius 1 is 1.29 bits per heavy atom. The van der Waals surface area contributed by atoms with Crippen LogP contribution >= 0.6 is 0 Å². The van der Waals surface area contributed by atoms with Gasteiger partial charge in [-0.1, -0.05) is 27.7 Å². The zero-order chi connectivity index (χ0) is 16.3. The van der Waals surface area contributed by atoms with Crippen molar-refractivity contribution < 1.29 is 14.3 Å². The molecule has 0 aromatic carbocycles. The average molecular weight is 298 g/mol. The molecule has 1 aliphatic heterocycles. The monoisotopic (exact) mass is 298 g/mol. The Morgan fingerprint density at radius 2 is 1.90 bits per heavy atom. The molecule has 1 rings (SSSR count). The molecule has 1 saturated heterocycles. The number of methoxy groups -OCH3 is 1. The van der Waals surface area contributed by atoms with Crippen LogP contribution in [0.25, 0.3) is 0 Å². The van der Waals surface area contributed by atoms with Gasteiger partial charge in [0.25, 0.3) is 0 Å². The zero-order valence-electron chi connectivity index (χ0n) is 14.3. The maximum atomic E-state index is 12.8. The second-order valence-corrected chi connectivity index (χ2v) is 7.14. The Hall–Kier alpha value is -1.10. The number of hydrogen-bond acceptors (Lipinski definition) is 3. The first-order valence-electron chi connectivity index (χ1n) is 7.79. The van der Waals surface area contributed by atoms with Crippen molar-refractivity contribution in [3.05, 3.63) is 0 Å². The van der Waals surface area contributed by atoms with Crippen molar-refractivity contribution in [3.63, 3.8) is 0 Å². The molecule has 2 unspecified atom stereocenters. The standard InChI is InChI=1S/C16H30N2O3/c1-7-16(5)14(20)18(10-8-9-11-21-6)12(13(19)17-16)15(2,3)4/h12H,7-11H2,1-6H3,(H,17,19). The van der Waals surface area contributed by atoms with Crippen LogP contribution in [0.4, 0.5) is 0 Å². The minimum Gasteiger partial charge on any atom is -0.385 e. The quantitative estimate of drug-likeness (QED) is 0.763. The van der Waals surface area contributed by atoms with Gasteiger partial charge in [0.15, 0.2) is 0 Å². The third-order valence-corrected chi connectivity index (χ3v) is 4.22. The van der Waals surface area contributed by atoms with Crippen molar-refractivity contribution in [2.24, 2.45) is 5.41 Å². The number of carbonyl (C=O) groups excluding carboxylic acids is 2. The van der Waals surface area contributed by atoms with Gasteiger partial charge in [-0.25, -0.2) is 0 Å². The molecule has 0 aliphatic carbocycles. The van der Waals surface area contributed by atoms with Crippen molar-refractivity contribution in [2.75, 3.05) is 20.3 Å². The van der Waals surface area contributed by atoms with Crippen molar-refractivity contribution in [1.82, 2.24) is 10.2 Å². The Labute approximate surface area is 128 Å². The van der Waals surface area contributed by atoms with Crippen LogP contribution in [0.2, 0.25) is 0 Å². The molecular weight excluding hydrogens is 268 g/mol. The van der Waals surface area contributed by atoms with Gasteiger partial charge in [-0.05, 0) is 31.6 Å². The van der Waals surface area contributed by atoms with E-state index in [9.17, 15) is 9.59 Å². The molecule has 5 heteroatoms. The minimum atomic E-state index is -0.778. The highest BCUT2D eigenvalue weighted by molar-refractivity contribution is 5.99. The summed E-state index contributed by atoms with van der Waals surface area (Å²) in [5, 5.41) is 2.93. The third kappa shape index (κ3) is 3.96. The first-order chi connectivity index (χ1) is 9.67. The van der Waals surface area contributed by atoms with Gasteiger partial charge < -0.3 is 15.0 Å². The SMILES string of the molecule is CCC1(C)NC(=O)C(C(C)(C)C)N(CCCCOC)C1=O. The van der Waals surface area contributed by atoms with Crippen molar-refractivity contribution in [1.29, 1.82) is 0 Å². The summed E-state index contributed by atoms with van der Waals surface area (Å²) < 4.78 is 5.05. The van der Waals surface area contributed by atoms with E-state index in [1.165, 1.54) is 0 Å². The van der Waals surface area contributed by atoms with E-state index in [-0.39, 0.29) is 17.2 Å². The topological polar surface area (TPSA) is 58.6 Å². The van der Waals surface area contributed by atoms with Crippen LogP contribution < -0.4 is 5.32 Å². The number of hydrogen-bond donors (Lipinski definition) is 1.